The van der Waals surface area contributed by atoms with E-state index in [9.17, 15) is 18.0 Å². The van der Waals surface area contributed by atoms with Crippen molar-refractivity contribution in [3.63, 3.8) is 0 Å². The fourth-order valence-corrected chi connectivity index (χ4v) is 5.66. The van der Waals surface area contributed by atoms with E-state index in [1.165, 1.54) is 4.31 Å². The largest absolute Gasteiger partial charge is 0.493 e. The van der Waals surface area contributed by atoms with Gasteiger partial charge in [0.25, 0.3) is 0 Å². The number of primary amides is 1. The van der Waals surface area contributed by atoms with Crippen molar-refractivity contribution < 1.29 is 22.7 Å². The van der Waals surface area contributed by atoms with E-state index in [2.05, 4.69) is 0 Å². The molecule has 3 aliphatic heterocycles. The molecule has 3 heterocycles. The summed E-state index contributed by atoms with van der Waals surface area (Å²) in [5.74, 6) is -0.206. The van der Waals surface area contributed by atoms with Crippen LogP contribution in [0.15, 0.2) is 23.1 Å². The molecule has 27 heavy (non-hydrogen) atoms. The second-order valence-electron chi connectivity index (χ2n) is 7.35. The van der Waals surface area contributed by atoms with Gasteiger partial charge in [-0.1, -0.05) is 0 Å². The number of hydrogen-bond donors (Lipinski definition) is 1. The number of nitrogens with zero attached hydrogens (tertiary/aromatic N) is 2. The van der Waals surface area contributed by atoms with Crippen molar-refractivity contribution in [2.45, 2.75) is 36.6 Å². The molecule has 1 unspecified atom stereocenters. The Labute approximate surface area is 158 Å². The number of carbonyl (C=O) groups excluding carboxylic acids is 2. The third-order valence-electron chi connectivity index (χ3n) is 5.72. The van der Waals surface area contributed by atoms with Gasteiger partial charge in [-0.25, -0.2) is 8.42 Å². The molecular formula is C18H23N3O5S. The molecule has 0 spiro atoms. The number of piperidine rings is 1. The average molecular weight is 393 g/mol. The first-order chi connectivity index (χ1) is 12.9. The Bertz CT molecular complexity index is 877. The molecule has 146 valence electrons. The molecule has 2 amide bonds. The highest BCUT2D eigenvalue weighted by molar-refractivity contribution is 7.89. The van der Waals surface area contributed by atoms with Crippen LogP contribution in [-0.4, -0.2) is 61.7 Å². The summed E-state index contributed by atoms with van der Waals surface area (Å²) in [7, 11) is -3.57. The minimum absolute atomic E-state index is 0.0401. The molecule has 9 heteroatoms. The van der Waals surface area contributed by atoms with Crippen LogP contribution in [0, 0.1) is 5.92 Å². The summed E-state index contributed by atoms with van der Waals surface area (Å²) in [6.07, 6.45) is 2.00. The van der Waals surface area contributed by atoms with Gasteiger partial charge in [0.15, 0.2) is 0 Å². The Kier molecular flexibility index (Phi) is 4.59. The predicted octanol–water partition coefficient (Wildman–Crippen LogP) is 0.108. The van der Waals surface area contributed by atoms with E-state index in [0.717, 1.165) is 17.7 Å². The number of nitrogens with two attached hydrogens (primary N) is 1. The summed E-state index contributed by atoms with van der Waals surface area (Å²) in [5, 5.41) is 0. The van der Waals surface area contributed by atoms with Crippen LogP contribution >= 0.6 is 0 Å². The Balaban J connectivity index is 1.43. The minimum Gasteiger partial charge on any atom is -0.493 e. The highest BCUT2D eigenvalue weighted by atomic mass is 32.2. The summed E-state index contributed by atoms with van der Waals surface area (Å²) in [4.78, 5) is 25.5. The summed E-state index contributed by atoms with van der Waals surface area (Å²) in [6.45, 7) is 1.63. The smallest absolute Gasteiger partial charge is 0.243 e. The SMILES string of the molecule is NC(=O)C1CC(=O)N(C2CCN(S(=O)(=O)c3ccc4c(c3)CCO4)CC2)C1. The lowest BCUT2D eigenvalue weighted by atomic mass is 10.1. The molecule has 0 radical (unpaired) electrons. The Morgan fingerprint density at radius 1 is 1.22 bits per heavy atom. The van der Waals surface area contributed by atoms with Crippen molar-refractivity contribution >= 4 is 21.8 Å². The van der Waals surface area contributed by atoms with Crippen molar-refractivity contribution in [2.24, 2.45) is 11.7 Å². The molecule has 2 fully saturated rings. The number of sulfonamides is 1. The van der Waals surface area contributed by atoms with Crippen LogP contribution in [0.3, 0.4) is 0 Å². The molecule has 0 aliphatic carbocycles. The highest BCUT2D eigenvalue weighted by Crippen LogP contribution is 2.31. The summed E-state index contributed by atoms with van der Waals surface area (Å²) < 4.78 is 32.8. The molecule has 0 aromatic heterocycles. The van der Waals surface area contributed by atoms with Crippen molar-refractivity contribution in [3.8, 4) is 5.75 Å². The molecule has 2 saturated heterocycles. The highest BCUT2D eigenvalue weighted by Gasteiger charge is 2.39. The van der Waals surface area contributed by atoms with Gasteiger partial charge < -0.3 is 15.4 Å². The second kappa shape index (κ2) is 6.79. The van der Waals surface area contributed by atoms with Gasteiger partial charge >= 0.3 is 0 Å². The topological polar surface area (TPSA) is 110 Å². The lowest BCUT2D eigenvalue weighted by molar-refractivity contribution is -0.130. The van der Waals surface area contributed by atoms with E-state index in [0.29, 0.717) is 39.1 Å². The maximum Gasteiger partial charge on any atom is 0.243 e. The van der Waals surface area contributed by atoms with Gasteiger partial charge in [0.05, 0.1) is 17.4 Å². The molecule has 1 aromatic carbocycles. The first-order valence-corrected chi connectivity index (χ1v) is 10.6. The molecular weight excluding hydrogens is 370 g/mol. The third kappa shape index (κ3) is 3.29. The maximum atomic E-state index is 13.0. The Morgan fingerprint density at radius 3 is 2.63 bits per heavy atom. The van der Waals surface area contributed by atoms with Crippen LogP contribution in [-0.2, 0) is 26.0 Å². The minimum atomic E-state index is -3.57. The maximum absolute atomic E-state index is 13.0. The fraction of sp³-hybridized carbons (Fsp3) is 0.556. The first-order valence-electron chi connectivity index (χ1n) is 9.21. The van der Waals surface area contributed by atoms with E-state index in [-0.39, 0.29) is 23.3 Å². The Hall–Kier alpha value is -2.13. The van der Waals surface area contributed by atoms with Crippen LogP contribution in [0.2, 0.25) is 0 Å². The zero-order chi connectivity index (χ0) is 19.2. The number of benzene rings is 1. The standard InChI is InChI=1S/C18H23N3O5S/c19-18(23)13-10-17(22)21(11-13)14-3-6-20(7-4-14)27(24,25)15-1-2-16-12(9-15)5-8-26-16/h1-2,9,13-14H,3-8,10-11H2,(H2,19,23). The molecule has 0 saturated carbocycles. The van der Waals surface area contributed by atoms with Crippen molar-refractivity contribution in [1.82, 2.24) is 9.21 Å². The fourth-order valence-electron chi connectivity index (χ4n) is 4.14. The van der Waals surface area contributed by atoms with Crippen molar-refractivity contribution in [3.05, 3.63) is 23.8 Å². The first kappa shape index (κ1) is 18.2. The monoisotopic (exact) mass is 393 g/mol. The van der Waals surface area contributed by atoms with E-state index in [1.54, 1.807) is 23.1 Å². The van der Waals surface area contributed by atoms with E-state index < -0.39 is 21.8 Å². The van der Waals surface area contributed by atoms with Crippen molar-refractivity contribution in [2.75, 3.05) is 26.2 Å². The molecule has 2 N–H and O–H groups in total. The number of fused-ring (bicyclic) bond motifs is 1. The van der Waals surface area contributed by atoms with Gasteiger partial charge in [0, 0.05) is 38.5 Å². The van der Waals surface area contributed by atoms with Crippen LogP contribution in [0.25, 0.3) is 0 Å². The number of rotatable bonds is 4. The summed E-state index contributed by atoms with van der Waals surface area (Å²) in [5.41, 5.74) is 6.24. The van der Waals surface area contributed by atoms with Crippen molar-refractivity contribution in [1.29, 1.82) is 0 Å². The molecule has 1 aromatic rings. The zero-order valence-corrected chi connectivity index (χ0v) is 15.8. The number of ether oxygens (including phenoxy) is 1. The number of likely N-dealkylation sites (tertiary alicyclic amines) is 1. The van der Waals surface area contributed by atoms with Crippen LogP contribution in [0.5, 0.6) is 5.75 Å². The number of carbonyl (C=O) groups is 2. The van der Waals surface area contributed by atoms with Crippen LogP contribution < -0.4 is 10.5 Å². The summed E-state index contributed by atoms with van der Waals surface area (Å²) in [6, 6.07) is 4.97. The van der Waals surface area contributed by atoms with Gasteiger partial charge in [-0.3, -0.25) is 9.59 Å². The van der Waals surface area contributed by atoms with E-state index >= 15 is 0 Å². The Morgan fingerprint density at radius 2 is 1.96 bits per heavy atom. The quantitative estimate of drug-likeness (QED) is 0.781. The van der Waals surface area contributed by atoms with Gasteiger partial charge in [-0.05, 0) is 36.6 Å². The molecule has 8 nitrogen and oxygen atoms in total. The third-order valence-corrected chi connectivity index (χ3v) is 7.62. The average Bonchev–Trinajstić information content (AvgIpc) is 3.27. The van der Waals surface area contributed by atoms with Gasteiger partial charge in [0.1, 0.15) is 5.75 Å². The lowest BCUT2D eigenvalue weighted by Gasteiger charge is -2.36. The van der Waals surface area contributed by atoms with Gasteiger partial charge in [-0.15, -0.1) is 0 Å². The number of hydrogen-bond acceptors (Lipinski definition) is 5. The van der Waals surface area contributed by atoms with Gasteiger partial charge in [0.2, 0.25) is 21.8 Å². The van der Waals surface area contributed by atoms with Crippen LogP contribution in [0.4, 0.5) is 0 Å². The lowest BCUT2D eigenvalue weighted by Crippen LogP contribution is -2.47. The molecule has 0 bridgehead atoms. The number of amides is 2. The normalized spacial score (nSPS) is 24.1. The molecule has 1 atom stereocenters. The van der Waals surface area contributed by atoms with E-state index in [1.807, 2.05) is 0 Å². The summed E-state index contributed by atoms with van der Waals surface area (Å²) >= 11 is 0. The zero-order valence-electron chi connectivity index (χ0n) is 15.0. The van der Waals surface area contributed by atoms with Gasteiger partial charge in [-0.2, -0.15) is 4.31 Å². The molecule has 4 rings (SSSR count). The molecule has 3 aliphatic rings. The second-order valence-corrected chi connectivity index (χ2v) is 9.29. The predicted molar refractivity (Wildman–Crippen MR) is 96.4 cm³/mol. The van der Waals surface area contributed by atoms with E-state index in [4.69, 9.17) is 10.5 Å². The van der Waals surface area contributed by atoms with Crippen LogP contribution in [0.1, 0.15) is 24.8 Å².